The molecular weight excluding hydrogens is 240 g/mol. The molecule has 2 N–H and O–H groups in total. The Morgan fingerprint density at radius 3 is 3.00 bits per heavy atom. The molecule has 2 atom stereocenters. The average Bonchev–Trinajstić information content (AvgIpc) is 2.99. The van der Waals surface area contributed by atoms with Crippen molar-refractivity contribution in [3.05, 3.63) is 29.8 Å². The molecule has 0 amide bonds. The van der Waals surface area contributed by atoms with Crippen molar-refractivity contribution in [1.82, 2.24) is 15.1 Å². The summed E-state index contributed by atoms with van der Waals surface area (Å²) >= 11 is 0. The predicted molar refractivity (Wildman–Crippen MR) is 71.4 cm³/mol. The first-order valence-electron chi connectivity index (χ1n) is 6.63. The molecule has 1 saturated carbocycles. The minimum absolute atomic E-state index is 0.0885. The van der Waals surface area contributed by atoms with Gasteiger partial charge in [0.2, 0.25) is 11.7 Å². The second kappa shape index (κ2) is 4.42. The molecule has 2 aromatic heterocycles. The number of rotatable bonds is 2. The highest BCUT2D eigenvalue weighted by molar-refractivity contribution is 5.53. The molecule has 0 radical (unpaired) electrons. The Bertz CT molecular complexity index is 595. The Labute approximate surface area is 112 Å². The second-order valence-electron chi connectivity index (χ2n) is 5.51. The lowest BCUT2D eigenvalue weighted by atomic mass is 9.85. The van der Waals surface area contributed by atoms with Gasteiger partial charge < -0.3 is 10.3 Å². The first kappa shape index (κ1) is 12.3. The molecule has 1 aliphatic carbocycles. The molecule has 2 aromatic rings. The monoisotopic (exact) mass is 258 g/mol. The largest absolute Gasteiger partial charge is 0.338 e. The van der Waals surface area contributed by atoms with Crippen LogP contribution < -0.4 is 5.73 Å². The number of nitrogens with two attached hydrogens (primary N) is 1. The Morgan fingerprint density at radius 2 is 2.32 bits per heavy atom. The van der Waals surface area contributed by atoms with Crippen LogP contribution in [0.3, 0.4) is 0 Å². The van der Waals surface area contributed by atoms with E-state index in [-0.39, 0.29) is 11.5 Å². The Balaban J connectivity index is 1.98. The van der Waals surface area contributed by atoms with Crippen LogP contribution in [0.5, 0.6) is 0 Å². The number of hydrogen-bond donors (Lipinski definition) is 1. The zero-order valence-corrected chi connectivity index (χ0v) is 11.3. The summed E-state index contributed by atoms with van der Waals surface area (Å²) in [4.78, 5) is 8.84. The van der Waals surface area contributed by atoms with Gasteiger partial charge in [-0.05, 0) is 38.3 Å². The van der Waals surface area contributed by atoms with Gasteiger partial charge in [-0.2, -0.15) is 4.98 Å². The number of nitrogens with zero attached hydrogens (tertiary/aromatic N) is 3. The second-order valence-corrected chi connectivity index (χ2v) is 5.51. The molecule has 3 rings (SSSR count). The van der Waals surface area contributed by atoms with Gasteiger partial charge in [0.25, 0.3) is 0 Å². The molecule has 0 bridgehead atoms. The fourth-order valence-corrected chi connectivity index (χ4v) is 2.73. The maximum atomic E-state index is 6.18. The maximum Gasteiger partial charge on any atom is 0.234 e. The van der Waals surface area contributed by atoms with Gasteiger partial charge in [-0.25, -0.2) is 0 Å². The predicted octanol–water partition coefficient (Wildman–Crippen LogP) is 2.21. The van der Waals surface area contributed by atoms with Crippen molar-refractivity contribution in [3.63, 3.8) is 0 Å². The van der Waals surface area contributed by atoms with Gasteiger partial charge in [-0.1, -0.05) is 17.6 Å². The Hall–Kier alpha value is -1.75. The minimum atomic E-state index is -0.200. The normalized spacial score (nSPS) is 26.8. The third kappa shape index (κ3) is 1.94. The third-order valence-electron chi connectivity index (χ3n) is 4.17. The van der Waals surface area contributed by atoms with Crippen molar-refractivity contribution in [2.75, 3.05) is 0 Å². The van der Waals surface area contributed by atoms with Crippen LogP contribution >= 0.6 is 0 Å². The molecule has 0 aromatic carbocycles. The van der Waals surface area contributed by atoms with E-state index in [2.05, 4.69) is 22.0 Å². The summed E-state index contributed by atoms with van der Waals surface area (Å²) in [6, 6.07) is 3.97. The van der Waals surface area contributed by atoms with Gasteiger partial charge in [0.1, 0.15) is 5.69 Å². The number of aromatic nitrogens is 3. The van der Waals surface area contributed by atoms with Gasteiger partial charge in [0.15, 0.2) is 0 Å². The van der Waals surface area contributed by atoms with Crippen molar-refractivity contribution in [1.29, 1.82) is 0 Å². The summed E-state index contributed by atoms with van der Waals surface area (Å²) in [5, 5.41) is 4.07. The zero-order chi connectivity index (χ0) is 13.5. The van der Waals surface area contributed by atoms with Gasteiger partial charge >= 0.3 is 0 Å². The van der Waals surface area contributed by atoms with E-state index in [0.717, 1.165) is 30.5 Å². The molecular formula is C14H18N4O. The van der Waals surface area contributed by atoms with Crippen molar-refractivity contribution >= 4 is 0 Å². The van der Waals surface area contributed by atoms with E-state index in [1.807, 2.05) is 19.1 Å². The van der Waals surface area contributed by atoms with E-state index in [9.17, 15) is 0 Å². The summed E-state index contributed by atoms with van der Waals surface area (Å²) in [5.41, 5.74) is 7.79. The van der Waals surface area contributed by atoms with E-state index in [0.29, 0.717) is 11.7 Å². The minimum Gasteiger partial charge on any atom is -0.338 e. The smallest absolute Gasteiger partial charge is 0.234 e. The van der Waals surface area contributed by atoms with Crippen LogP contribution in [0.2, 0.25) is 0 Å². The molecule has 100 valence electrons. The highest BCUT2D eigenvalue weighted by Crippen LogP contribution is 2.39. The topological polar surface area (TPSA) is 77.8 Å². The van der Waals surface area contributed by atoms with Crippen molar-refractivity contribution < 1.29 is 4.52 Å². The van der Waals surface area contributed by atoms with Crippen LogP contribution in [0.4, 0.5) is 0 Å². The Morgan fingerprint density at radius 1 is 1.47 bits per heavy atom. The molecule has 0 spiro atoms. The highest BCUT2D eigenvalue weighted by Gasteiger charge is 2.42. The van der Waals surface area contributed by atoms with Crippen LogP contribution in [0.15, 0.2) is 22.9 Å². The molecule has 1 fully saturated rings. The van der Waals surface area contributed by atoms with Gasteiger partial charge in [0.05, 0.1) is 5.41 Å². The molecule has 1 aliphatic rings. The van der Waals surface area contributed by atoms with Crippen LogP contribution in [0.25, 0.3) is 11.5 Å². The molecule has 0 saturated heterocycles. The summed E-state index contributed by atoms with van der Waals surface area (Å²) < 4.78 is 5.45. The lowest BCUT2D eigenvalue weighted by Gasteiger charge is -2.23. The van der Waals surface area contributed by atoms with Gasteiger partial charge in [0, 0.05) is 12.2 Å². The summed E-state index contributed by atoms with van der Waals surface area (Å²) in [5.74, 6) is 1.19. The number of pyridine rings is 1. The van der Waals surface area contributed by atoms with Crippen molar-refractivity contribution in [2.24, 2.45) is 5.73 Å². The van der Waals surface area contributed by atoms with E-state index in [4.69, 9.17) is 10.3 Å². The van der Waals surface area contributed by atoms with Gasteiger partial charge in [-0.3, -0.25) is 4.98 Å². The number of aryl methyl sites for hydroxylation is 1. The quantitative estimate of drug-likeness (QED) is 0.893. The average molecular weight is 258 g/mol. The SMILES string of the molecule is Cc1cccnc1-c1noc(C2(C)CCCC2N)n1. The van der Waals surface area contributed by atoms with Crippen LogP contribution in [0.1, 0.15) is 37.6 Å². The van der Waals surface area contributed by atoms with Crippen LogP contribution in [-0.2, 0) is 5.41 Å². The summed E-state index contributed by atoms with van der Waals surface area (Å²) in [6.45, 7) is 4.09. The standard InChI is InChI=1S/C14H18N4O/c1-9-5-4-8-16-11(9)12-17-13(19-18-12)14(2)7-3-6-10(14)15/h4-5,8,10H,3,6-7,15H2,1-2H3. The van der Waals surface area contributed by atoms with Crippen molar-refractivity contribution in [3.8, 4) is 11.5 Å². The molecule has 5 heteroatoms. The highest BCUT2D eigenvalue weighted by atomic mass is 16.5. The molecule has 19 heavy (non-hydrogen) atoms. The summed E-state index contributed by atoms with van der Waals surface area (Å²) in [6.07, 6.45) is 4.85. The van der Waals surface area contributed by atoms with E-state index in [1.54, 1.807) is 6.20 Å². The molecule has 2 heterocycles. The fraction of sp³-hybridized carbons (Fsp3) is 0.500. The first-order valence-corrected chi connectivity index (χ1v) is 6.63. The van der Waals surface area contributed by atoms with Crippen LogP contribution in [0, 0.1) is 6.92 Å². The third-order valence-corrected chi connectivity index (χ3v) is 4.17. The van der Waals surface area contributed by atoms with E-state index in [1.165, 1.54) is 0 Å². The summed E-state index contributed by atoms with van der Waals surface area (Å²) in [7, 11) is 0. The molecule has 5 nitrogen and oxygen atoms in total. The fourth-order valence-electron chi connectivity index (χ4n) is 2.73. The first-order chi connectivity index (χ1) is 9.11. The van der Waals surface area contributed by atoms with Gasteiger partial charge in [-0.15, -0.1) is 0 Å². The maximum absolute atomic E-state index is 6.18. The Kier molecular flexibility index (Phi) is 2.86. The van der Waals surface area contributed by atoms with Crippen molar-refractivity contribution in [2.45, 2.75) is 44.6 Å². The van der Waals surface area contributed by atoms with E-state index >= 15 is 0 Å². The zero-order valence-electron chi connectivity index (χ0n) is 11.3. The molecule has 2 unspecified atom stereocenters. The lowest BCUT2D eigenvalue weighted by Crippen LogP contribution is -2.38. The number of hydrogen-bond acceptors (Lipinski definition) is 5. The van der Waals surface area contributed by atoms with Crippen LogP contribution in [-0.4, -0.2) is 21.2 Å². The lowest BCUT2D eigenvalue weighted by molar-refractivity contribution is 0.278. The molecule has 0 aliphatic heterocycles. The van der Waals surface area contributed by atoms with E-state index < -0.39 is 0 Å².